The van der Waals surface area contributed by atoms with Crippen molar-refractivity contribution < 1.29 is 23.9 Å². The Hall–Kier alpha value is -3.55. The summed E-state index contributed by atoms with van der Waals surface area (Å²) in [5, 5.41) is 5.90. The molecule has 2 atom stereocenters. The minimum Gasteiger partial charge on any atom is -0.497 e. The fourth-order valence-electron chi connectivity index (χ4n) is 4.58. The first-order valence-corrected chi connectivity index (χ1v) is 11.4. The molecule has 0 unspecified atom stereocenters. The molecule has 2 aromatic rings. The third-order valence-electron chi connectivity index (χ3n) is 6.15. The van der Waals surface area contributed by atoms with Crippen LogP contribution in [0.1, 0.15) is 44.0 Å². The van der Waals surface area contributed by atoms with Crippen LogP contribution in [0.15, 0.2) is 36.4 Å². The van der Waals surface area contributed by atoms with Gasteiger partial charge in [-0.3, -0.25) is 14.4 Å². The van der Waals surface area contributed by atoms with Crippen molar-refractivity contribution in [3.8, 4) is 22.6 Å². The van der Waals surface area contributed by atoms with Crippen molar-refractivity contribution in [1.82, 2.24) is 10.2 Å². The molecule has 0 aromatic heterocycles. The Morgan fingerprint density at radius 1 is 1.09 bits per heavy atom. The van der Waals surface area contributed by atoms with Crippen molar-refractivity contribution in [2.75, 3.05) is 26.1 Å². The van der Waals surface area contributed by atoms with Crippen molar-refractivity contribution in [3.05, 3.63) is 42.0 Å². The zero-order valence-electron chi connectivity index (χ0n) is 20.2. The molecule has 0 radical (unpaired) electrons. The lowest BCUT2D eigenvalue weighted by Crippen LogP contribution is -2.41. The van der Waals surface area contributed by atoms with E-state index in [9.17, 15) is 14.4 Å². The molecular weight excluding hydrogens is 434 g/mol. The predicted molar refractivity (Wildman–Crippen MR) is 129 cm³/mol. The van der Waals surface area contributed by atoms with Crippen LogP contribution >= 0.6 is 0 Å². The van der Waals surface area contributed by atoms with Crippen LogP contribution in [0.25, 0.3) is 11.1 Å². The number of amides is 3. The number of rotatable bonds is 5. The van der Waals surface area contributed by atoms with Gasteiger partial charge < -0.3 is 25.0 Å². The van der Waals surface area contributed by atoms with Gasteiger partial charge in [0.1, 0.15) is 17.5 Å². The van der Waals surface area contributed by atoms with E-state index < -0.39 is 6.04 Å². The third-order valence-corrected chi connectivity index (χ3v) is 6.15. The molecule has 2 aliphatic rings. The molecule has 2 aliphatic heterocycles. The van der Waals surface area contributed by atoms with E-state index in [1.54, 1.807) is 37.3 Å². The predicted octanol–water partition coefficient (Wildman–Crippen LogP) is 3.46. The maximum Gasteiger partial charge on any atom is 0.256 e. The Bertz CT molecular complexity index is 1140. The number of anilines is 1. The van der Waals surface area contributed by atoms with Crippen LogP contribution in [-0.2, 0) is 9.59 Å². The summed E-state index contributed by atoms with van der Waals surface area (Å²) in [4.78, 5) is 40.5. The number of hydrogen-bond donors (Lipinski definition) is 2. The molecule has 1 saturated heterocycles. The first-order valence-electron chi connectivity index (χ1n) is 11.4. The molecule has 2 aromatic carbocycles. The van der Waals surface area contributed by atoms with E-state index in [2.05, 4.69) is 10.6 Å². The Morgan fingerprint density at radius 2 is 1.85 bits per heavy atom. The quantitative estimate of drug-likeness (QED) is 0.705. The van der Waals surface area contributed by atoms with Crippen LogP contribution in [0.2, 0.25) is 0 Å². The zero-order valence-corrected chi connectivity index (χ0v) is 20.2. The number of carbonyl (C=O) groups is 3. The van der Waals surface area contributed by atoms with Crippen molar-refractivity contribution >= 4 is 23.4 Å². The van der Waals surface area contributed by atoms with E-state index >= 15 is 0 Å². The second kappa shape index (κ2) is 9.00. The van der Waals surface area contributed by atoms with Crippen LogP contribution in [0, 0.1) is 5.41 Å². The maximum atomic E-state index is 13.5. The molecule has 34 heavy (non-hydrogen) atoms. The monoisotopic (exact) mass is 465 g/mol. The summed E-state index contributed by atoms with van der Waals surface area (Å²) in [5.74, 6) is 0.732. The molecule has 3 amide bonds. The number of methoxy groups -OCH3 is 2. The number of carbonyl (C=O) groups excluding carboxylic acids is 3. The van der Waals surface area contributed by atoms with Crippen molar-refractivity contribution in [2.45, 2.75) is 45.7 Å². The first-order chi connectivity index (χ1) is 16.1. The van der Waals surface area contributed by atoms with Crippen LogP contribution < -0.4 is 20.1 Å². The lowest BCUT2D eigenvalue weighted by Gasteiger charge is -2.21. The third kappa shape index (κ3) is 4.71. The SMILES string of the molecule is COc1ccc(-c2ccc3c(c2)C(=O)N2C[C@@H](NC(=O)CC(C)(C)C)C[C@H]2C(=O)N3)c(OC)c1. The van der Waals surface area contributed by atoms with E-state index in [1.165, 1.54) is 0 Å². The molecule has 0 spiro atoms. The minimum atomic E-state index is -0.626. The van der Waals surface area contributed by atoms with Gasteiger partial charge in [0.2, 0.25) is 11.8 Å². The molecule has 0 bridgehead atoms. The molecular formula is C26H31N3O5. The summed E-state index contributed by atoms with van der Waals surface area (Å²) in [5.41, 5.74) is 2.34. The zero-order chi connectivity index (χ0) is 24.6. The van der Waals surface area contributed by atoms with Gasteiger partial charge in [0.25, 0.3) is 5.91 Å². The minimum absolute atomic E-state index is 0.0719. The Balaban J connectivity index is 1.61. The van der Waals surface area contributed by atoms with Crippen molar-refractivity contribution in [3.63, 3.8) is 0 Å². The summed E-state index contributed by atoms with van der Waals surface area (Å²) >= 11 is 0. The number of nitrogens with zero attached hydrogens (tertiary/aromatic N) is 1. The fraction of sp³-hybridized carbons (Fsp3) is 0.423. The fourth-order valence-corrected chi connectivity index (χ4v) is 4.58. The summed E-state index contributed by atoms with van der Waals surface area (Å²) in [6.45, 7) is 6.29. The normalized spacial score (nSPS) is 19.6. The number of nitrogens with one attached hydrogen (secondary N) is 2. The van der Waals surface area contributed by atoms with Gasteiger partial charge in [0.05, 0.1) is 25.5 Å². The highest BCUT2D eigenvalue weighted by Gasteiger charge is 2.43. The lowest BCUT2D eigenvalue weighted by molar-refractivity contribution is -0.123. The highest BCUT2D eigenvalue weighted by molar-refractivity contribution is 6.11. The van der Waals surface area contributed by atoms with Gasteiger partial charge >= 0.3 is 0 Å². The summed E-state index contributed by atoms with van der Waals surface area (Å²) in [6.07, 6.45) is 0.769. The molecule has 4 rings (SSSR count). The van der Waals surface area contributed by atoms with E-state index in [0.29, 0.717) is 42.1 Å². The van der Waals surface area contributed by atoms with Crippen LogP contribution in [-0.4, -0.2) is 55.5 Å². The van der Waals surface area contributed by atoms with Crippen LogP contribution in [0.5, 0.6) is 11.5 Å². The van der Waals surface area contributed by atoms with E-state index in [-0.39, 0.29) is 29.2 Å². The molecule has 8 heteroatoms. The van der Waals surface area contributed by atoms with E-state index in [0.717, 1.165) is 11.1 Å². The second-order valence-corrected chi connectivity index (χ2v) is 10.0. The van der Waals surface area contributed by atoms with Gasteiger partial charge in [-0.15, -0.1) is 0 Å². The number of ether oxygens (including phenoxy) is 2. The molecule has 8 nitrogen and oxygen atoms in total. The molecule has 180 valence electrons. The summed E-state index contributed by atoms with van der Waals surface area (Å²) in [7, 11) is 3.17. The average Bonchev–Trinajstić information content (AvgIpc) is 3.17. The second-order valence-electron chi connectivity index (χ2n) is 10.0. The molecule has 0 saturated carbocycles. The number of benzene rings is 2. The van der Waals surface area contributed by atoms with Gasteiger partial charge in [-0.1, -0.05) is 26.8 Å². The molecule has 2 heterocycles. The molecule has 2 N–H and O–H groups in total. The van der Waals surface area contributed by atoms with Crippen molar-refractivity contribution in [1.29, 1.82) is 0 Å². The van der Waals surface area contributed by atoms with Crippen LogP contribution in [0.4, 0.5) is 5.69 Å². The largest absolute Gasteiger partial charge is 0.497 e. The lowest BCUT2D eigenvalue weighted by atomic mass is 9.92. The Morgan fingerprint density at radius 3 is 2.53 bits per heavy atom. The molecule has 1 fully saturated rings. The first kappa shape index (κ1) is 23.6. The highest BCUT2D eigenvalue weighted by atomic mass is 16.5. The highest BCUT2D eigenvalue weighted by Crippen LogP contribution is 2.37. The topological polar surface area (TPSA) is 97.0 Å². The van der Waals surface area contributed by atoms with E-state index in [4.69, 9.17) is 9.47 Å². The number of fused-ring (bicyclic) bond motifs is 2. The van der Waals surface area contributed by atoms with Crippen LogP contribution in [0.3, 0.4) is 0 Å². The summed E-state index contributed by atoms with van der Waals surface area (Å²) < 4.78 is 10.8. The van der Waals surface area contributed by atoms with Gasteiger partial charge in [-0.2, -0.15) is 0 Å². The van der Waals surface area contributed by atoms with E-state index in [1.807, 2.05) is 39.0 Å². The van der Waals surface area contributed by atoms with Gasteiger partial charge in [0, 0.05) is 30.6 Å². The van der Waals surface area contributed by atoms with Crippen molar-refractivity contribution in [2.24, 2.45) is 5.41 Å². The number of hydrogen-bond acceptors (Lipinski definition) is 5. The summed E-state index contributed by atoms with van der Waals surface area (Å²) in [6, 6.07) is 9.96. The molecule has 0 aliphatic carbocycles. The Labute approximate surface area is 199 Å². The maximum absolute atomic E-state index is 13.5. The van der Waals surface area contributed by atoms with Gasteiger partial charge in [-0.05, 0) is 41.7 Å². The smallest absolute Gasteiger partial charge is 0.256 e. The van der Waals surface area contributed by atoms with Gasteiger partial charge in [-0.25, -0.2) is 0 Å². The standard InChI is InChI=1S/C26H31N3O5/c1-26(2,3)13-23(30)27-16-11-21-24(31)28-20-9-6-15(10-19(20)25(32)29(21)14-16)18-8-7-17(33-4)12-22(18)34-5/h6-10,12,16,21H,11,13-14H2,1-5H3,(H,27,30)(H,28,31)/t16-,21-/m0/s1. The average molecular weight is 466 g/mol. The van der Waals surface area contributed by atoms with Gasteiger partial charge in [0.15, 0.2) is 0 Å². The Kier molecular flexibility index (Phi) is 6.25.